The van der Waals surface area contributed by atoms with Gasteiger partial charge >= 0.3 is 6.09 Å². The number of cyclic esters (lactones) is 1. The minimum absolute atomic E-state index is 0.142. The van der Waals surface area contributed by atoms with E-state index in [2.05, 4.69) is 6.58 Å². The summed E-state index contributed by atoms with van der Waals surface area (Å²) in [4.78, 5) is 15.3. The maximum atomic E-state index is 12.8. The van der Waals surface area contributed by atoms with Crippen molar-refractivity contribution in [2.45, 2.75) is 55.8 Å². The first-order valence-corrected chi connectivity index (χ1v) is 12.0. The smallest absolute Gasteiger partial charge is 0.411 e. The number of benzene rings is 2. The summed E-state index contributed by atoms with van der Waals surface area (Å²) in [6.07, 6.45) is 3.81. The Balaban J connectivity index is 1.72. The van der Waals surface area contributed by atoms with Crippen LogP contribution in [0.4, 0.5) is 4.79 Å². The molecule has 3 rings (SSSR count). The molecule has 0 aromatic heterocycles. The van der Waals surface area contributed by atoms with E-state index < -0.39 is 28.1 Å². The van der Waals surface area contributed by atoms with E-state index in [1.54, 1.807) is 31.1 Å². The van der Waals surface area contributed by atoms with Crippen LogP contribution < -0.4 is 0 Å². The third-order valence-corrected chi connectivity index (χ3v) is 6.72. The number of aliphatic hydroxyl groups is 1. The SMILES string of the molecule is C=C[C@@]1(CC(C)(C)O)CCN([C@@H](C)c2ccc(-c3ccc(S(C)=O)cc3)cc2)C(=O)O1. The molecule has 2 aromatic carbocycles. The van der Waals surface area contributed by atoms with Gasteiger partial charge in [-0.25, -0.2) is 4.79 Å². The van der Waals surface area contributed by atoms with E-state index in [0.29, 0.717) is 19.4 Å². The molecule has 0 saturated carbocycles. The number of ether oxygens (including phenoxy) is 1. The van der Waals surface area contributed by atoms with E-state index in [1.807, 2.05) is 55.5 Å². The van der Waals surface area contributed by atoms with Gasteiger partial charge in [0.1, 0.15) is 5.60 Å². The second kappa shape index (κ2) is 8.97. The summed E-state index contributed by atoms with van der Waals surface area (Å²) in [7, 11) is -0.992. The van der Waals surface area contributed by atoms with E-state index in [-0.39, 0.29) is 6.04 Å². The van der Waals surface area contributed by atoms with Gasteiger partial charge in [-0.05, 0) is 55.7 Å². The quantitative estimate of drug-likeness (QED) is 0.609. The molecular weight excluding hydrogens is 410 g/mol. The Morgan fingerprint density at radius 2 is 1.74 bits per heavy atom. The number of rotatable bonds is 7. The molecule has 0 spiro atoms. The van der Waals surface area contributed by atoms with Crippen molar-refractivity contribution in [3.05, 3.63) is 66.7 Å². The molecule has 6 heteroatoms. The molecule has 5 nitrogen and oxygen atoms in total. The van der Waals surface area contributed by atoms with Crippen molar-refractivity contribution in [3.8, 4) is 11.1 Å². The highest BCUT2D eigenvalue weighted by atomic mass is 32.2. The van der Waals surface area contributed by atoms with Gasteiger partial charge in [0.15, 0.2) is 0 Å². The molecule has 1 aliphatic heterocycles. The average molecular weight is 442 g/mol. The highest BCUT2D eigenvalue weighted by molar-refractivity contribution is 7.84. The zero-order valence-electron chi connectivity index (χ0n) is 18.6. The number of amides is 1. The fourth-order valence-corrected chi connectivity index (χ4v) is 4.60. The van der Waals surface area contributed by atoms with Crippen LogP contribution in [0.3, 0.4) is 0 Å². The predicted molar refractivity (Wildman–Crippen MR) is 124 cm³/mol. The van der Waals surface area contributed by atoms with E-state index in [9.17, 15) is 14.1 Å². The van der Waals surface area contributed by atoms with Gasteiger partial charge in [0.25, 0.3) is 0 Å². The van der Waals surface area contributed by atoms with Crippen molar-refractivity contribution in [3.63, 3.8) is 0 Å². The van der Waals surface area contributed by atoms with Crippen molar-refractivity contribution in [1.29, 1.82) is 0 Å². The number of hydrogen-bond acceptors (Lipinski definition) is 4. The Morgan fingerprint density at radius 1 is 1.19 bits per heavy atom. The first-order valence-electron chi connectivity index (χ1n) is 10.4. The van der Waals surface area contributed by atoms with Crippen LogP contribution in [0.1, 0.15) is 45.2 Å². The highest BCUT2D eigenvalue weighted by Gasteiger charge is 2.43. The summed E-state index contributed by atoms with van der Waals surface area (Å²) in [5.41, 5.74) is 1.32. The molecule has 166 valence electrons. The van der Waals surface area contributed by atoms with Crippen molar-refractivity contribution in [1.82, 2.24) is 4.90 Å². The lowest BCUT2D eigenvalue weighted by Crippen LogP contribution is -2.51. The van der Waals surface area contributed by atoms with Crippen LogP contribution in [0.25, 0.3) is 11.1 Å². The second-order valence-electron chi connectivity index (χ2n) is 8.85. The van der Waals surface area contributed by atoms with Gasteiger partial charge in [-0.3, -0.25) is 4.21 Å². The molecule has 1 heterocycles. The Kier molecular flexibility index (Phi) is 6.72. The van der Waals surface area contributed by atoms with Gasteiger partial charge in [0.05, 0.1) is 11.6 Å². The summed E-state index contributed by atoms with van der Waals surface area (Å²) in [5.74, 6) is 0. The lowest BCUT2D eigenvalue weighted by Gasteiger charge is -2.43. The predicted octanol–water partition coefficient (Wildman–Crippen LogP) is 5.08. The van der Waals surface area contributed by atoms with Gasteiger partial charge in [0.2, 0.25) is 0 Å². The molecule has 1 amide bonds. The van der Waals surface area contributed by atoms with E-state index >= 15 is 0 Å². The van der Waals surface area contributed by atoms with E-state index in [0.717, 1.165) is 21.6 Å². The number of hydrogen-bond donors (Lipinski definition) is 1. The Morgan fingerprint density at radius 3 is 2.19 bits per heavy atom. The van der Waals surface area contributed by atoms with Crippen LogP contribution in [-0.4, -0.2) is 44.3 Å². The number of nitrogens with zero attached hydrogens (tertiary/aromatic N) is 1. The molecular formula is C25H31NO4S. The topological polar surface area (TPSA) is 66.8 Å². The third kappa shape index (κ3) is 5.43. The van der Waals surface area contributed by atoms with Crippen LogP contribution in [0.2, 0.25) is 0 Å². The minimum atomic E-state index is -0.992. The maximum absolute atomic E-state index is 12.8. The average Bonchev–Trinajstić information content (AvgIpc) is 2.72. The Labute approximate surface area is 187 Å². The van der Waals surface area contributed by atoms with Crippen molar-refractivity contribution in [2.24, 2.45) is 0 Å². The van der Waals surface area contributed by atoms with Crippen molar-refractivity contribution < 1.29 is 18.8 Å². The van der Waals surface area contributed by atoms with Crippen LogP contribution >= 0.6 is 0 Å². The van der Waals surface area contributed by atoms with Gasteiger partial charge in [-0.2, -0.15) is 0 Å². The Hall–Kier alpha value is -2.44. The molecule has 0 radical (unpaired) electrons. The van der Waals surface area contributed by atoms with Crippen LogP contribution in [0.5, 0.6) is 0 Å². The molecule has 0 aliphatic carbocycles. The van der Waals surface area contributed by atoms with Crippen LogP contribution in [0.15, 0.2) is 66.1 Å². The molecule has 3 atom stereocenters. The zero-order chi connectivity index (χ0) is 22.8. The highest BCUT2D eigenvalue weighted by Crippen LogP contribution is 2.36. The van der Waals surface area contributed by atoms with Crippen LogP contribution in [0, 0.1) is 0 Å². The number of carbonyl (C=O) groups excluding carboxylic acids is 1. The fraction of sp³-hybridized carbons (Fsp3) is 0.400. The molecule has 31 heavy (non-hydrogen) atoms. The summed E-state index contributed by atoms with van der Waals surface area (Å²) in [6, 6.07) is 15.6. The number of carbonyl (C=O) groups is 1. The van der Waals surface area contributed by atoms with E-state index in [4.69, 9.17) is 4.74 Å². The third-order valence-electron chi connectivity index (χ3n) is 5.78. The van der Waals surface area contributed by atoms with E-state index in [1.165, 1.54) is 0 Å². The molecule has 2 aromatic rings. The zero-order valence-corrected chi connectivity index (χ0v) is 19.4. The molecule has 1 N–H and O–H groups in total. The van der Waals surface area contributed by atoms with Gasteiger partial charge in [-0.15, -0.1) is 0 Å². The standard InChI is InChI=1S/C25H31NO4S/c1-6-25(17-24(3,4)28)15-16-26(23(27)30-25)18(2)19-7-9-20(10-8-19)21-11-13-22(14-12-21)31(5)29/h6-14,18,28H,1,15-17H2,2-5H3/t18-,25-,31?/m0/s1. The molecule has 1 saturated heterocycles. The van der Waals surface area contributed by atoms with Crippen molar-refractivity contribution in [2.75, 3.05) is 12.8 Å². The van der Waals surface area contributed by atoms with Crippen molar-refractivity contribution >= 4 is 16.9 Å². The molecule has 1 fully saturated rings. The van der Waals surface area contributed by atoms with Crippen LogP contribution in [-0.2, 0) is 15.5 Å². The van der Waals surface area contributed by atoms with Gasteiger partial charge in [-0.1, -0.05) is 43.0 Å². The first kappa shape index (κ1) is 23.2. The maximum Gasteiger partial charge on any atom is 0.411 e. The minimum Gasteiger partial charge on any atom is -0.438 e. The normalized spacial score (nSPS) is 21.3. The fourth-order valence-electron chi connectivity index (χ4n) is 4.08. The van der Waals surface area contributed by atoms with Gasteiger partial charge in [0, 0.05) is 41.3 Å². The monoisotopic (exact) mass is 441 g/mol. The largest absolute Gasteiger partial charge is 0.438 e. The first-order chi connectivity index (χ1) is 14.5. The second-order valence-corrected chi connectivity index (χ2v) is 10.2. The Bertz CT molecular complexity index is 963. The lowest BCUT2D eigenvalue weighted by molar-refractivity contribution is -0.0701. The molecule has 1 aliphatic rings. The molecule has 1 unspecified atom stereocenters. The summed E-state index contributed by atoms with van der Waals surface area (Å²) in [6.45, 7) is 9.76. The summed E-state index contributed by atoms with van der Waals surface area (Å²) < 4.78 is 17.3. The van der Waals surface area contributed by atoms with Gasteiger partial charge < -0.3 is 14.7 Å². The summed E-state index contributed by atoms with van der Waals surface area (Å²) in [5, 5.41) is 10.2. The summed E-state index contributed by atoms with van der Waals surface area (Å²) >= 11 is 0. The molecule has 0 bridgehead atoms. The lowest BCUT2D eigenvalue weighted by atomic mass is 9.85.